The first-order valence-corrected chi connectivity index (χ1v) is 9.28. The molecule has 1 aromatic carbocycles. The minimum atomic E-state index is -2.24. The third-order valence-corrected chi connectivity index (χ3v) is 7.56. The van der Waals surface area contributed by atoms with Gasteiger partial charge in [0.25, 0.3) is 0 Å². The van der Waals surface area contributed by atoms with Crippen molar-refractivity contribution in [1.82, 2.24) is 0 Å². The lowest BCUT2D eigenvalue weighted by molar-refractivity contribution is 0.155. The summed E-state index contributed by atoms with van der Waals surface area (Å²) in [5, 5.41) is 19.6. The molecule has 0 bridgehead atoms. The van der Waals surface area contributed by atoms with Gasteiger partial charge in [-0.1, -0.05) is 32.0 Å². The molecular weight excluding hydrogens is 244 g/mol. The Kier molecular flexibility index (Phi) is 4.59. The summed E-state index contributed by atoms with van der Waals surface area (Å²) in [7, 11) is -2.24. The summed E-state index contributed by atoms with van der Waals surface area (Å²) >= 11 is 0. The maximum absolute atomic E-state index is 10.2. The highest BCUT2D eigenvalue weighted by Gasteiger charge is 2.37. The second kappa shape index (κ2) is 5.43. The summed E-state index contributed by atoms with van der Waals surface area (Å²) in [5.74, 6) is 0.128. The lowest BCUT2D eigenvalue weighted by Gasteiger charge is -2.35. The highest BCUT2D eigenvalue weighted by molar-refractivity contribution is 6.72. The number of hydrogen-bond acceptors (Lipinski definition) is 3. The predicted octanol–water partition coefficient (Wildman–Crippen LogP) is 3.18. The molecule has 0 amide bonds. The van der Waals surface area contributed by atoms with Gasteiger partial charge in [-0.3, -0.25) is 0 Å². The molecule has 0 aliphatic carbocycles. The Hall–Kier alpha value is -0.843. The van der Waals surface area contributed by atoms with Gasteiger partial charge in [-0.15, -0.1) is 0 Å². The molecule has 0 aromatic heterocycles. The Morgan fingerprint density at radius 3 is 2.28 bits per heavy atom. The molecule has 1 unspecified atom stereocenters. The molecule has 1 rings (SSSR count). The van der Waals surface area contributed by atoms with E-state index in [-0.39, 0.29) is 10.8 Å². The molecule has 0 aliphatic rings. The molecule has 0 aliphatic heterocycles. The van der Waals surface area contributed by atoms with Gasteiger partial charge in [-0.25, -0.2) is 0 Å². The van der Waals surface area contributed by atoms with Gasteiger partial charge in [0.05, 0.1) is 6.10 Å². The molecule has 1 aromatic rings. The van der Waals surface area contributed by atoms with Crippen LogP contribution in [0.15, 0.2) is 24.3 Å². The van der Waals surface area contributed by atoms with Crippen molar-refractivity contribution in [2.24, 2.45) is 0 Å². The van der Waals surface area contributed by atoms with Gasteiger partial charge >= 0.3 is 0 Å². The molecule has 3 nitrogen and oxygen atoms in total. The van der Waals surface area contributed by atoms with Crippen LogP contribution in [0.5, 0.6) is 5.75 Å². The maximum atomic E-state index is 10.2. The third-order valence-electron chi connectivity index (χ3n) is 3.99. The van der Waals surface area contributed by atoms with Gasteiger partial charge < -0.3 is 15.0 Å². The minimum Gasteiger partial charge on any atom is -0.508 e. The Balaban J connectivity index is 2.68. The minimum absolute atomic E-state index is 0.128. The van der Waals surface area contributed by atoms with Crippen LogP contribution in [0.4, 0.5) is 0 Å². The molecular formula is C14H24O3Si. The average Bonchev–Trinajstić information content (AvgIpc) is 2.25. The molecule has 1 atom stereocenters. The number of benzene rings is 1. The fraction of sp³-hybridized carbons (Fsp3) is 0.571. The second-order valence-electron chi connectivity index (χ2n) is 6.06. The van der Waals surface area contributed by atoms with E-state index < -0.39 is 14.4 Å². The standard InChI is InChI=1S/C14H24O3Si/c1-14(2,18(3,4)17)10-9-13(16)11-7-5-6-8-12(11)15/h5-8,13,15-17H,9-10H2,1-4H3. The highest BCUT2D eigenvalue weighted by atomic mass is 28.4. The molecule has 0 saturated carbocycles. The first kappa shape index (κ1) is 15.2. The smallest absolute Gasteiger partial charge is 0.188 e. The number of phenolic OH excluding ortho intramolecular Hbond substituents is 1. The van der Waals surface area contributed by atoms with Gasteiger partial charge in [-0.2, -0.15) is 0 Å². The fourth-order valence-electron chi connectivity index (χ4n) is 1.73. The van der Waals surface area contributed by atoms with E-state index in [1.165, 1.54) is 0 Å². The molecule has 0 radical (unpaired) electrons. The van der Waals surface area contributed by atoms with E-state index in [4.69, 9.17) is 0 Å². The van der Waals surface area contributed by atoms with Crippen molar-refractivity contribution in [3.8, 4) is 5.75 Å². The number of rotatable bonds is 5. The normalized spacial score (nSPS) is 14.6. The van der Waals surface area contributed by atoms with Crippen LogP contribution in [0.1, 0.15) is 38.4 Å². The van der Waals surface area contributed by atoms with Gasteiger partial charge in [0.15, 0.2) is 8.32 Å². The van der Waals surface area contributed by atoms with E-state index in [1.54, 1.807) is 24.3 Å². The Bertz CT molecular complexity index is 396. The monoisotopic (exact) mass is 268 g/mol. The van der Waals surface area contributed by atoms with E-state index in [2.05, 4.69) is 0 Å². The van der Waals surface area contributed by atoms with Crippen molar-refractivity contribution >= 4 is 8.32 Å². The van der Waals surface area contributed by atoms with Crippen LogP contribution in [0.25, 0.3) is 0 Å². The quantitative estimate of drug-likeness (QED) is 0.719. The van der Waals surface area contributed by atoms with Gasteiger partial charge in [0.1, 0.15) is 5.75 Å². The Morgan fingerprint density at radius 1 is 1.22 bits per heavy atom. The molecule has 18 heavy (non-hydrogen) atoms. The number of phenols is 1. The van der Waals surface area contributed by atoms with Crippen LogP contribution in [-0.4, -0.2) is 23.3 Å². The largest absolute Gasteiger partial charge is 0.508 e. The topological polar surface area (TPSA) is 60.7 Å². The van der Waals surface area contributed by atoms with Crippen molar-refractivity contribution in [3.05, 3.63) is 29.8 Å². The van der Waals surface area contributed by atoms with E-state index in [1.807, 2.05) is 26.9 Å². The molecule has 0 spiro atoms. The summed E-state index contributed by atoms with van der Waals surface area (Å²) in [6.07, 6.45) is 0.599. The highest BCUT2D eigenvalue weighted by Crippen LogP contribution is 2.42. The van der Waals surface area contributed by atoms with Crippen LogP contribution in [0.3, 0.4) is 0 Å². The first-order valence-electron chi connectivity index (χ1n) is 6.33. The van der Waals surface area contributed by atoms with Crippen LogP contribution in [0, 0.1) is 0 Å². The third kappa shape index (κ3) is 3.57. The maximum Gasteiger partial charge on any atom is 0.188 e. The zero-order chi connectivity index (χ0) is 14.0. The number of aliphatic hydroxyl groups excluding tert-OH is 1. The number of aliphatic hydroxyl groups is 1. The SMILES string of the molecule is CC(C)(CCC(O)c1ccccc1O)[Si](C)(C)O. The molecule has 0 saturated heterocycles. The lowest BCUT2D eigenvalue weighted by atomic mass is 9.98. The van der Waals surface area contributed by atoms with Crippen LogP contribution < -0.4 is 0 Å². The summed E-state index contributed by atoms with van der Waals surface area (Å²) in [4.78, 5) is 10.2. The second-order valence-corrected chi connectivity index (χ2v) is 10.5. The van der Waals surface area contributed by atoms with E-state index in [9.17, 15) is 15.0 Å². The van der Waals surface area contributed by atoms with Gasteiger partial charge in [0, 0.05) is 5.56 Å². The molecule has 0 heterocycles. The van der Waals surface area contributed by atoms with Crippen molar-refractivity contribution in [3.63, 3.8) is 0 Å². The summed E-state index contributed by atoms with van der Waals surface area (Å²) in [6, 6.07) is 6.84. The molecule has 4 heteroatoms. The molecule has 0 fully saturated rings. The van der Waals surface area contributed by atoms with Gasteiger partial charge in [0.2, 0.25) is 0 Å². The van der Waals surface area contributed by atoms with Crippen LogP contribution >= 0.6 is 0 Å². The molecule has 3 N–H and O–H groups in total. The van der Waals surface area contributed by atoms with E-state index in [0.717, 1.165) is 6.42 Å². The van der Waals surface area contributed by atoms with Crippen molar-refractivity contribution in [1.29, 1.82) is 0 Å². The van der Waals surface area contributed by atoms with Gasteiger partial charge in [-0.05, 0) is 37.0 Å². The average molecular weight is 268 g/mol. The zero-order valence-corrected chi connectivity index (χ0v) is 12.6. The Morgan fingerprint density at radius 2 is 1.78 bits per heavy atom. The van der Waals surface area contributed by atoms with E-state index >= 15 is 0 Å². The molecule has 102 valence electrons. The Labute approximate surface area is 110 Å². The van der Waals surface area contributed by atoms with Crippen LogP contribution in [-0.2, 0) is 0 Å². The van der Waals surface area contributed by atoms with Crippen molar-refractivity contribution in [2.45, 2.75) is 50.9 Å². The lowest BCUT2D eigenvalue weighted by Crippen LogP contribution is -2.39. The first-order chi connectivity index (χ1) is 8.15. The van der Waals surface area contributed by atoms with E-state index in [0.29, 0.717) is 12.0 Å². The van der Waals surface area contributed by atoms with Crippen molar-refractivity contribution < 1.29 is 15.0 Å². The summed E-state index contributed by atoms with van der Waals surface area (Å²) < 4.78 is 0. The zero-order valence-electron chi connectivity index (χ0n) is 11.6. The summed E-state index contributed by atoms with van der Waals surface area (Å²) in [5.41, 5.74) is 0.561. The summed E-state index contributed by atoms with van der Waals surface area (Å²) in [6.45, 7) is 7.91. The fourth-order valence-corrected chi connectivity index (χ4v) is 2.48. The number of aromatic hydroxyl groups is 1. The predicted molar refractivity (Wildman–Crippen MR) is 76.0 cm³/mol. The number of hydrogen-bond donors (Lipinski definition) is 3. The number of para-hydroxylation sites is 1. The van der Waals surface area contributed by atoms with Crippen LogP contribution in [0.2, 0.25) is 18.1 Å². The van der Waals surface area contributed by atoms with Crippen molar-refractivity contribution in [2.75, 3.05) is 0 Å².